The predicted octanol–water partition coefficient (Wildman–Crippen LogP) is 2.55. The molecule has 3 rings (SSSR count). The van der Waals surface area contributed by atoms with Gasteiger partial charge in [0, 0.05) is 25.4 Å². The Morgan fingerprint density at radius 2 is 2.00 bits per heavy atom. The largest absolute Gasteiger partial charge is 0.497 e. The Labute approximate surface area is 148 Å². The zero-order valence-corrected chi connectivity index (χ0v) is 14.5. The van der Waals surface area contributed by atoms with Gasteiger partial charge in [0.05, 0.1) is 13.2 Å². The smallest absolute Gasteiger partial charge is 0.272 e. The topological polar surface area (TPSA) is 62.7 Å². The number of aromatic nitrogens is 1. The van der Waals surface area contributed by atoms with Crippen LogP contribution in [0.25, 0.3) is 0 Å². The lowest BCUT2D eigenvalue weighted by molar-refractivity contribution is 0.0463. The van der Waals surface area contributed by atoms with Gasteiger partial charge in [-0.25, -0.2) is 0 Å². The second-order valence-corrected chi connectivity index (χ2v) is 6.47. The van der Waals surface area contributed by atoms with Crippen LogP contribution in [-0.2, 0) is 6.42 Å². The van der Waals surface area contributed by atoms with Crippen LogP contribution in [0.15, 0.2) is 48.7 Å². The second-order valence-electron chi connectivity index (χ2n) is 6.47. The van der Waals surface area contributed by atoms with Crippen LogP contribution in [0.2, 0.25) is 0 Å². The van der Waals surface area contributed by atoms with Gasteiger partial charge in [0.2, 0.25) is 0 Å². The Bertz CT molecular complexity index is 697. The number of piperidine rings is 1. The number of nitrogens with zero attached hydrogens (tertiary/aromatic N) is 2. The minimum absolute atomic E-state index is 0.0742. The van der Waals surface area contributed by atoms with Gasteiger partial charge in [-0.1, -0.05) is 30.3 Å². The van der Waals surface area contributed by atoms with E-state index in [0.717, 1.165) is 18.4 Å². The molecule has 1 N–H and O–H groups in total. The van der Waals surface area contributed by atoms with Crippen LogP contribution in [0.1, 0.15) is 28.9 Å². The fourth-order valence-corrected chi connectivity index (χ4v) is 3.33. The van der Waals surface area contributed by atoms with Crippen molar-refractivity contribution in [3.63, 3.8) is 0 Å². The number of ether oxygens (including phenoxy) is 1. The number of likely N-dealkylation sites (tertiary alicyclic amines) is 1. The van der Waals surface area contributed by atoms with E-state index in [1.807, 2.05) is 35.2 Å². The molecule has 1 saturated heterocycles. The summed E-state index contributed by atoms with van der Waals surface area (Å²) in [6.07, 6.45) is 3.50. The number of hydrogen-bond donors (Lipinski definition) is 1. The fourth-order valence-electron chi connectivity index (χ4n) is 3.33. The molecule has 5 heteroatoms. The van der Waals surface area contributed by atoms with Crippen LogP contribution in [0.3, 0.4) is 0 Å². The molecule has 1 amide bonds. The van der Waals surface area contributed by atoms with Crippen LogP contribution in [-0.4, -0.2) is 47.2 Å². The average molecular weight is 340 g/mol. The van der Waals surface area contributed by atoms with E-state index in [9.17, 15) is 9.90 Å². The number of carbonyl (C=O) groups excluding carboxylic acids is 1. The number of aliphatic hydroxyl groups is 1. The molecule has 0 spiro atoms. The number of benzene rings is 1. The van der Waals surface area contributed by atoms with E-state index in [4.69, 9.17) is 4.74 Å². The normalized spacial score (nSPS) is 16.5. The first-order valence-electron chi connectivity index (χ1n) is 8.68. The van der Waals surface area contributed by atoms with Gasteiger partial charge in [0.1, 0.15) is 11.4 Å². The summed E-state index contributed by atoms with van der Waals surface area (Å²) in [6.45, 7) is 1.29. The van der Waals surface area contributed by atoms with E-state index in [1.54, 1.807) is 25.4 Å². The SMILES string of the molecule is COc1ccnc(C(=O)N2CCC([C@H](O)Cc3ccccc3)CC2)c1. The van der Waals surface area contributed by atoms with E-state index in [0.29, 0.717) is 31.0 Å². The third kappa shape index (κ3) is 4.37. The summed E-state index contributed by atoms with van der Waals surface area (Å²) in [6, 6.07) is 13.4. The van der Waals surface area contributed by atoms with Crippen molar-refractivity contribution in [2.45, 2.75) is 25.4 Å². The number of methoxy groups -OCH3 is 1. The lowest BCUT2D eigenvalue weighted by Crippen LogP contribution is -2.42. The zero-order chi connectivity index (χ0) is 17.6. The van der Waals surface area contributed by atoms with E-state index >= 15 is 0 Å². The standard InChI is InChI=1S/C20H24N2O3/c1-25-17-7-10-21-18(14-17)20(24)22-11-8-16(9-12-22)19(23)13-15-5-3-2-4-6-15/h2-7,10,14,16,19,23H,8-9,11-13H2,1H3/t19-/m1/s1. The van der Waals surface area contributed by atoms with Crippen molar-refractivity contribution in [3.05, 3.63) is 59.9 Å². The Balaban J connectivity index is 1.55. The van der Waals surface area contributed by atoms with Crippen molar-refractivity contribution in [1.82, 2.24) is 9.88 Å². The van der Waals surface area contributed by atoms with E-state index in [-0.39, 0.29) is 17.9 Å². The molecule has 0 bridgehead atoms. The monoisotopic (exact) mass is 340 g/mol. The highest BCUT2D eigenvalue weighted by molar-refractivity contribution is 5.92. The number of rotatable bonds is 5. The van der Waals surface area contributed by atoms with Crippen LogP contribution in [0, 0.1) is 5.92 Å². The maximum absolute atomic E-state index is 12.6. The molecular formula is C20H24N2O3. The van der Waals surface area contributed by atoms with Gasteiger partial charge in [-0.3, -0.25) is 9.78 Å². The third-order valence-corrected chi connectivity index (χ3v) is 4.84. The Morgan fingerprint density at radius 1 is 1.28 bits per heavy atom. The van der Waals surface area contributed by atoms with Crippen LogP contribution < -0.4 is 4.74 Å². The molecule has 0 saturated carbocycles. The van der Waals surface area contributed by atoms with Crippen molar-refractivity contribution >= 4 is 5.91 Å². The van der Waals surface area contributed by atoms with E-state index in [1.165, 1.54) is 0 Å². The predicted molar refractivity (Wildman–Crippen MR) is 95.6 cm³/mol. The summed E-state index contributed by atoms with van der Waals surface area (Å²) in [5.74, 6) is 0.781. The fraction of sp³-hybridized carbons (Fsp3) is 0.400. The number of aliphatic hydroxyl groups excluding tert-OH is 1. The van der Waals surface area contributed by atoms with E-state index in [2.05, 4.69) is 4.98 Å². The van der Waals surface area contributed by atoms with E-state index < -0.39 is 0 Å². The summed E-state index contributed by atoms with van der Waals surface area (Å²) < 4.78 is 5.15. The molecule has 1 aliphatic rings. The number of pyridine rings is 1. The quantitative estimate of drug-likeness (QED) is 0.909. The van der Waals surface area contributed by atoms with Gasteiger partial charge in [-0.05, 0) is 36.8 Å². The van der Waals surface area contributed by atoms with Gasteiger partial charge >= 0.3 is 0 Å². The molecule has 132 valence electrons. The molecule has 5 nitrogen and oxygen atoms in total. The highest BCUT2D eigenvalue weighted by atomic mass is 16.5. The maximum Gasteiger partial charge on any atom is 0.272 e. The summed E-state index contributed by atoms with van der Waals surface area (Å²) in [5, 5.41) is 10.5. The lowest BCUT2D eigenvalue weighted by Gasteiger charge is -2.34. The van der Waals surface area contributed by atoms with Gasteiger partial charge in [-0.2, -0.15) is 0 Å². The molecular weight excluding hydrogens is 316 g/mol. The average Bonchev–Trinajstić information content (AvgIpc) is 2.68. The van der Waals surface area contributed by atoms with Crippen LogP contribution in [0.5, 0.6) is 5.75 Å². The Morgan fingerprint density at radius 3 is 2.68 bits per heavy atom. The highest BCUT2D eigenvalue weighted by Crippen LogP contribution is 2.24. The molecule has 25 heavy (non-hydrogen) atoms. The summed E-state index contributed by atoms with van der Waals surface area (Å²) in [7, 11) is 1.57. The van der Waals surface area contributed by atoms with Crippen molar-refractivity contribution in [3.8, 4) is 5.75 Å². The minimum Gasteiger partial charge on any atom is -0.497 e. The molecule has 1 aromatic heterocycles. The third-order valence-electron chi connectivity index (χ3n) is 4.84. The molecule has 0 radical (unpaired) electrons. The molecule has 1 aromatic carbocycles. The molecule has 1 fully saturated rings. The maximum atomic E-state index is 12.6. The van der Waals surface area contributed by atoms with Crippen molar-refractivity contribution < 1.29 is 14.6 Å². The minimum atomic E-state index is -0.366. The van der Waals surface area contributed by atoms with Gasteiger partial charge < -0.3 is 14.7 Å². The van der Waals surface area contributed by atoms with Crippen LogP contribution >= 0.6 is 0 Å². The number of amides is 1. The second kappa shape index (κ2) is 8.12. The summed E-state index contributed by atoms with van der Waals surface area (Å²) in [4.78, 5) is 18.5. The highest BCUT2D eigenvalue weighted by Gasteiger charge is 2.28. The van der Waals surface area contributed by atoms with Crippen molar-refractivity contribution in [2.75, 3.05) is 20.2 Å². The number of hydrogen-bond acceptors (Lipinski definition) is 4. The van der Waals surface area contributed by atoms with Gasteiger partial charge in [0.15, 0.2) is 0 Å². The molecule has 0 aliphatic carbocycles. The Kier molecular flexibility index (Phi) is 5.66. The van der Waals surface area contributed by atoms with Crippen molar-refractivity contribution in [2.24, 2.45) is 5.92 Å². The number of carbonyl (C=O) groups is 1. The summed E-state index contributed by atoms with van der Waals surface area (Å²) in [5.41, 5.74) is 1.55. The Hall–Kier alpha value is -2.40. The first-order valence-corrected chi connectivity index (χ1v) is 8.68. The molecule has 1 atom stereocenters. The lowest BCUT2D eigenvalue weighted by atomic mass is 9.88. The molecule has 0 unspecified atom stereocenters. The van der Waals surface area contributed by atoms with Crippen LogP contribution in [0.4, 0.5) is 0 Å². The molecule has 2 heterocycles. The molecule has 2 aromatic rings. The zero-order valence-electron chi connectivity index (χ0n) is 14.5. The van der Waals surface area contributed by atoms with Crippen molar-refractivity contribution in [1.29, 1.82) is 0 Å². The summed E-state index contributed by atoms with van der Waals surface area (Å²) >= 11 is 0. The molecule has 1 aliphatic heterocycles. The van der Waals surface area contributed by atoms with Gasteiger partial charge in [0.25, 0.3) is 5.91 Å². The van der Waals surface area contributed by atoms with Gasteiger partial charge in [-0.15, -0.1) is 0 Å². The first kappa shape index (κ1) is 17.4. The first-order chi connectivity index (χ1) is 12.2.